The van der Waals surface area contributed by atoms with Crippen molar-refractivity contribution in [2.75, 3.05) is 40.5 Å². The van der Waals surface area contributed by atoms with Crippen molar-refractivity contribution >= 4 is 16.8 Å². The number of nitrogens with zero attached hydrogens (tertiary/aromatic N) is 6. The average molecular weight is 501 g/mol. The Morgan fingerprint density at radius 1 is 1.11 bits per heavy atom. The van der Waals surface area contributed by atoms with E-state index in [0.29, 0.717) is 47.7 Å². The van der Waals surface area contributed by atoms with Crippen LogP contribution in [0.15, 0.2) is 36.5 Å². The van der Waals surface area contributed by atoms with Gasteiger partial charge in [-0.1, -0.05) is 0 Å². The number of benzene rings is 1. The highest BCUT2D eigenvalue weighted by Crippen LogP contribution is 2.39. The lowest BCUT2D eigenvalue weighted by Crippen LogP contribution is -2.17. The minimum Gasteiger partial charge on any atom is -0.493 e. The van der Waals surface area contributed by atoms with Gasteiger partial charge >= 0.3 is 6.18 Å². The van der Waals surface area contributed by atoms with Crippen LogP contribution >= 0.6 is 0 Å². The van der Waals surface area contributed by atoms with Crippen LogP contribution in [0.25, 0.3) is 28.1 Å². The molecule has 36 heavy (non-hydrogen) atoms. The summed E-state index contributed by atoms with van der Waals surface area (Å²) in [7, 11) is 3.81. The molecule has 0 amide bonds. The van der Waals surface area contributed by atoms with Crippen LogP contribution in [0.4, 0.5) is 13.2 Å². The van der Waals surface area contributed by atoms with E-state index in [0.717, 1.165) is 31.3 Å². The van der Waals surface area contributed by atoms with Gasteiger partial charge in [0, 0.05) is 31.2 Å². The molecular weight excluding hydrogens is 473 g/mol. The molecule has 190 valence electrons. The maximum atomic E-state index is 13.9. The highest BCUT2D eigenvalue weighted by Gasteiger charge is 2.35. The topological polar surface area (TPSA) is 77.7 Å². The van der Waals surface area contributed by atoms with E-state index < -0.39 is 11.7 Å². The standard InChI is InChI=1S/C25H27F3N6O2/c1-33(2)10-3-11-36-21-7-4-17(14-18(21)25(26,27)28)19-5-6-20-24(30-19)34-22(15-29-20)31-32-23(34)16-8-12-35-13-9-16/h4-7,14-16H,3,8-13H2,1-2H3. The molecule has 1 aromatic carbocycles. The molecule has 0 atom stereocenters. The largest absolute Gasteiger partial charge is 0.493 e. The molecule has 0 bridgehead atoms. The first kappa shape index (κ1) is 24.4. The predicted octanol–water partition coefficient (Wildman–Crippen LogP) is 4.58. The Morgan fingerprint density at radius 2 is 1.92 bits per heavy atom. The zero-order valence-corrected chi connectivity index (χ0v) is 20.1. The summed E-state index contributed by atoms with van der Waals surface area (Å²) < 4.78 is 54.6. The second-order valence-electron chi connectivity index (χ2n) is 9.15. The molecule has 1 saturated heterocycles. The number of ether oxygens (including phenoxy) is 2. The van der Waals surface area contributed by atoms with E-state index in [1.807, 2.05) is 23.4 Å². The molecule has 0 saturated carbocycles. The van der Waals surface area contributed by atoms with E-state index in [9.17, 15) is 13.2 Å². The third-order valence-electron chi connectivity index (χ3n) is 6.27. The van der Waals surface area contributed by atoms with Crippen LogP contribution in [0.3, 0.4) is 0 Å². The number of hydrogen-bond donors (Lipinski definition) is 0. The van der Waals surface area contributed by atoms with Crippen LogP contribution in [0.1, 0.15) is 36.6 Å². The predicted molar refractivity (Wildman–Crippen MR) is 128 cm³/mol. The number of fused-ring (bicyclic) bond motifs is 3. The highest BCUT2D eigenvalue weighted by molar-refractivity contribution is 5.77. The summed E-state index contributed by atoms with van der Waals surface area (Å²) in [5.74, 6) is 0.740. The number of aromatic nitrogens is 5. The molecule has 0 unspecified atom stereocenters. The Bertz CT molecular complexity index is 1370. The van der Waals surface area contributed by atoms with E-state index >= 15 is 0 Å². The van der Waals surface area contributed by atoms with Gasteiger partial charge in [-0.15, -0.1) is 10.2 Å². The maximum Gasteiger partial charge on any atom is 0.419 e. The van der Waals surface area contributed by atoms with Crippen LogP contribution < -0.4 is 4.74 Å². The molecule has 4 aromatic rings. The molecule has 8 nitrogen and oxygen atoms in total. The number of rotatable bonds is 7. The minimum atomic E-state index is -4.57. The van der Waals surface area contributed by atoms with Crippen molar-refractivity contribution in [1.82, 2.24) is 29.5 Å². The zero-order valence-electron chi connectivity index (χ0n) is 20.1. The fourth-order valence-electron chi connectivity index (χ4n) is 4.42. The van der Waals surface area contributed by atoms with Crippen molar-refractivity contribution in [2.24, 2.45) is 0 Å². The molecule has 3 aromatic heterocycles. The molecular formula is C25H27F3N6O2. The number of halogens is 3. The molecule has 0 N–H and O–H groups in total. The first-order chi connectivity index (χ1) is 17.3. The summed E-state index contributed by atoms with van der Waals surface area (Å²) in [6.07, 6.45) is -0.688. The van der Waals surface area contributed by atoms with Crippen molar-refractivity contribution < 1.29 is 22.6 Å². The van der Waals surface area contributed by atoms with Crippen LogP contribution in [0.5, 0.6) is 5.75 Å². The highest BCUT2D eigenvalue weighted by atomic mass is 19.4. The Labute approximate surface area is 206 Å². The van der Waals surface area contributed by atoms with Gasteiger partial charge in [0.1, 0.15) is 17.1 Å². The van der Waals surface area contributed by atoms with Crippen molar-refractivity contribution in [3.63, 3.8) is 0 Å². The van der Waals surface area contributed by atoms with Crippen LogP contribution in [0, 0.1) is 0 Å². The van der Waals surface area contributed by atoms with Crippen molar-refractivity contribution in [2.45, 2.75) is 31.4 Å². The van der Waals surface area contributed by atoms with Gasteiger partial charge in [0.15, 0.2) is 11.3 Å². The third-order valence-corrected chi connectivity index (χ3v) is 6.27. The maximum absolute atomic E-state index is 13.9. The molecule has 1 fully saturated rings. The Kier molecular flexibility index (Phi) is 6.76. The molecule has 1 aliphatic heterocycles. The third kappa shape index (κ3) is 4.98. The summed E-state index contributed by atoms with van der Waals surface area (Å²) in [5, 5.41) is 8.64. The second-order valence-corrected chi connectivity index (χ2v) is 9.15. The number of hydrogen-bond acceptors (Lipinski definition) is 7. The summed E-state index contributed by atoms with van der Waals surface area (Å²) in [6.45, 7) is 2.21. The molecule has 5 rings (SSSR count). The van der Waals surface area contributed by atoms with Gasteiger partial charge in [0.05, 0.1) is 24.1 Å². The molecule has 0 aliphatic carbocycles. The second kappa shape index (κ2) is 9.98. The van der Waals surface area contributed by atoms with Crippen molar-refractivity contribution in [3.8, 4) is 17.0 Å². The van der Waals surface area contributed by atoms with E-state index in [2.05, 4.69) is 15.2 Å². The molecule has 0 radical (unpaired) electrons. The molecule has 0 spiro atoms. The minimum absolute atomic E-state index is 0.158. The fourth-order valence-corrected chi connectivity index (χ4v) is 4.42. The summed E-state index contributed by atoms with van der Waals surface area (Å²) >= 11 is 0. The van der Waals surface area contributed by atoms with Crippen LogP contribution in [0.2, 0.25) is 0 Å². The monoisotopic (exact) mass is 500 g/mol. The van der Waals surface area contributed by atoms with Gasteiger partial charge < -0.3 is 14.4 Å². The first-order valence-electron chi connectivity index (χ1n) is 11.9. The molecule has 11 heteroatoms. The summed E-state index contributed by atoms with van der Waals surface area (Å²) in [5.41, 5.74) is 1.57. The number of alkyl halides is 3. The Morgan fingerprint density at radius 3 is 2.67 bits per heavy atom. The van der Waals surface area contributed by atoms with Gasteiger partial charge in [-0.25, -0.2) is 9.97 Å². The summed E-state index contributed by atoms with van der Waals surface area (Å²) in [4.78, 5) is 11.1. The normalized spacial score (nSPS) is 15.3. The fraction of sp³-hybridized carbons (Fsp3) is 0.440. The average Bonchev–Trinajstić information content (AvgIpc) is 3.31. The number of pyridine rings is 1. The Hall–Kier alpha value is -3.31. The van der Waals surface area contributed by atoms with E-state index in [1.165, 1.54) is 6.07 Å². The SMILES string of the molecule is CN(C)CCCOc1ccc(-c2ccc3ncc4nnc(C5CCOCC5)n4c3n2)cc1C(F)(F)F. The van der Waals surface area contributed by atoms with Gasteiger partial charge in [-0.3, -0.25) is 4.40 Å². The smallest absolute Gasteiger partial charge is 0.419 e. The summed E-state index contributed by atoms with van der Waals surface area (Å²) in [6, 6.07) is 7.49. The Balaban J connectivity index is 1.53. The lowest BCUT2D eigenvalue weighted by molar-refractivity contribution is -0.138. The first-order valence-corrected chi connectivity index (χ1v) is 11.9. The van der Waals surface area contributed by atoms with Gasteiger partial charge in [-0.2, -0.15) is 13.2 Å². The van der Waals surface area contributed by atoms with Crippen molar-refractivity contribution in [1.29, 1.82) is 0 Å². The lowest BCUT2D eigenvalue weighted by Gasteiger charge is -2.20. The molecule has 4 heterocycles. The zero-order chi connectivity index (χ0) is 25.3. The van der Waals surface area contributed by atoms with E-state index in [4.69, 9.17) is 14.5 Å². The molecule has 1 aliphatic rings. The quantitative estimate of drug-likeness (QED) is 0.344. The lowest BCUT2D eigenvalue weighted by atomic mass is 9.99. The van der Waals surface area contributed by atoms with Gasteiger partial charge in [0.2, 0.25) is 0 Å². The van der Waals surface area contributed by atoms with Crippen LogP contribution in [-0.4, -0.2) is 69.9 Å². The van der Waals surface area contributed by atoms with Crippen molar-refractivity contribution in [3.05, 3.63) is 47.9 Å². The van der Waals surface area contributed by atoms with E-state index in [1.54, 1.807) is 24.4 Å². The van der Waals surface area contributed by atoms with Gasteiger partial charge in [0.25, 0.3) is 0 Å². The van der Waals surface area contributed by atoms with E-state index in [-0.39, 0.29) is 18.3 Å². The van der Waals surface area contributed by atoms with Gasteiger partial charge in [-0.05, 0) is 63.7 Å². The van der Waals surface area contributed by atoms with Crippen LogP contribution in [-0.2, 0) is 10.9 Å².